The number of rotatable bonds is 3. The van der Waals surface area contributed by atoms with E-state index in [9.17, 15) is 9.18 Å². The van der Waals surface area contributed by atoms with Gasteiger partial charge in [-0.25, -0.2) is 4.39 Å². The number of alkyl halides is 1. The number of carbonyl (C=O) groups is 1. The normalized spacial score (nSPS) is 26.3. The second-order valence-corrected chi connectivity index (χ2v) is 4.90. The summed E-state index contributed by atoms with van der Waals surface area (Å²) in [6.07, 6.45) is 3.38. The SMILES string of the molecule is CC(=O)NC1CCN(CC2(F)CC2)CC1. The summed E-state index contributed by atoms with van der Waals surface area (Å²) < 4.78 is 13.5. The Morgan fingerprint density at radius 2 is 2.07 bits per heavy atom. The molecule has 2 fully saturated rings. The van der Waals surface area contributed by atoms with Crippen molar-refractivity contribution in [3.8, 4) is 0 Å². The number of likely N-dealkylation sites (tertiary alicyclic amines) is 1. The summed E-state index contributed by atoms with van der Waals surface area (Å²) in [4.78, 5) is 13.0. The first kappa shape index (κ1) is 10.9. The highest BCUT2D eigenvalue weighted by Crippen LogP contribution is 2.40. The molecular formula is C11H19FN2O. The molecule has 0 aromatic heterocycles. The van der Waals surface area contributed by atoms with E-state index in [-0.39, 0.29) is 5.91 Å². The molecule has 1 saturated carbocycles. The average molecular weight is 214 g/mol. The van der Waals surface area contributed by atoms with Crippen LogP contribution in [0.15, 0.2) is 0 Å². The van der Waals surface area contributed by atoms with E-state index >= 15 is 0 Å². The zero-order valence-corrected chi connectivity index (χ0v) is 9.26. The standard InChI is InChI=1S/C11H19FN2O/c1-9(15)13-10-2-6-14(7-3-10)8-11(12)4-5-11/h10H,2-8H2,1H3,(H,13,15). The van der Waals surface area contributed by atoms with Crippen LogP contribution in [0.5, 0.6) is 0 Å². The van der Waals surface area contributed by atoms with Gasteiger partial charge in [-0.1, -0.05) is 0 Å². The number of nitrogens with one attached hydrogen (secondary N) is 1. The predicted octanol–water partition coefficient (Wildman–Crippen LogP) is 1.09. The molecule has 0 bridgehead atoms. The van der Waals surface area contributed by atoms with Crippen molar-refractivity contribution in [1.29, 1.82) is 0 Å². The highest BCUT2D eigenvalue weighted by molar-refractivity contribution is 5.73. The van der Waals surface area contributed by atoms with Gasteiger partial charge in [-0.3, -0.25) is 4.79 Å². The molecular weight excluding hydrogens is 195 g/mol. The minimum atomic E-state index is -0.874. The first-order valence-electron chi connectivity index (χ1n) is 5.76. The zero-order valence-electron chi connectivity index (χ0n) is 9.26. The lowest BCUT2D eigenvalue weighted by Gasteiger charge is -2.32. The number of halogens is 1. The molecule has 0 aromatic carbocycles. The van der Waals surface area contributed by atoms with E-state index in [0.29, 0.717) is 12.6 Å². The maximum atomic E-state index is 13.5. The van der Waals surface area contributed by atoms with Gasteiger partial charge in [0.2, 0.25) is 5.91 Å². The van der Waals surface area contributed by atoms with E-state index in [0.717, 1.165) is 38.8 Å². The van der Waals surface area contributed by atoms with E-state index in [1.807, 2.05) is 0 Å². The molecule has 86 valence electrons. The first-order valence-corrected chi connectivity index (χ1v) is 5.76. The van der Waals surface area contributed by atoms with E-state index in [1.165, 1.54) is 0 Å². The summed E-state index contributed by atoms with van der Waals surface area (Å²) >= 11 is 0. The highest BCUT2D eigenvalue weighted by Gasteiger charge is 2.44. The van der Waals surface area contributed by atoms with Crippen LogP contribution in [0, 0.1) is 0 Å². The van der Waals surface area contributed by atoms with Crippen LogP contribution in [-0.4, -0.2) is 42.2 Å². The lowest BCUT2D eigenvalue weighted by molar-refractivity contribution is -0.120. The second-order valence-electron chi connectivity index (χ2n) is 4.90. The predicted molar refractivity (Wildman–Crippen MR) is 56.4 cm³/mol. The third-order valence-corrected chi connectivity index (χ3v) is 3.29. The summed E-state index contributed by atoms with van der Waals surface area (Å²) in [5, 5.41) is 2.92. The van der Waals surface area contributed by atoms with E-state index in [2.05, 4.69) is 10.2 Å². The number of hydrogen-bond acceptors (Lipinski definition) is 2. The number of nitrogens with zero attached hydrogens (tertiary/aromatic N) is 1. The quantitative estimate of drug-likeness (QED) is 0.762. The molecule has 0 atom stereocenters. The topological polar surface area (TPSA) is 32.3 Å². The molecule has 1 amide bonds. The van der Waals surface area contributed by atoms with Crippen molar-refractivity contribution in [3.05, 3.63) is 0 Å². The Kier molecular flexibility index (Phi) is 2.96. The molecule has 1 aliphatic carbocycles. The van der Waals surface area contributed by atoms with E-state index in [1.54, 1.807) is 6.92 Å². The van der Waals surface area contributed by atoms with Crippen LogP contribution in [0.3, 0.4) is 0 Å². The Labute approximate surface area is 90.0 Å². The zero-order chi connectivity index (χ0) is 10.9. The van der Waals surface area contributed by atoms with Gasteiger partial charge in [0.05, 0.1) is 0 Å². The molecule has 1 heterocycles. The minimum Gasteiger partial charge on any atom is -0.354 e. The fraction of sp³-hybridized carbons (Fsp3) is 0.909. The van der Waals surface area contributed by atoms with Gasteiger partial charge in [0.1, 0.15) is 5.67 Å². The van der Waals surface area contributed by atoms with Gasteiger partial charge in [0.25, 0.3) is 0 Å². The fourth-order valence-electron chi connectivity index (χ4n) is 2.22. The Bertz CT molecular complexity index is 245. The Morgan fingerprint density at radius 1 is 1.47 bits per heavy atom. The van der Waals surface area contributed by atoms with Crippen molar-refractivity contribution in [1.82, 2.24) is 10.2 Å². The third kappa shape index (κ3) is 3.16. The molecule has 0 aromatic rings. The molecule has 3 nitrogen and oxygen atoms in total. The van der Waals surface area contributed by atoms with Crippen molar-refractivity contribution >= 4 is 5.91 Å². The van der Waals surface area contributed by atoms with Crippen LogP contribution < -0.4 is 5.32 Å². The molecule has 0 spiro atoms. The van der Waals surface area contributed by atoms with E-state index in [4.69, 9.17) is 0 Å². The highest BCUT2D eigenvalue weighted by atomic mass is 19.1. The number of carbonyl (C=O) groups excluding carboxylic acids is 1. The van der Waals surface area contributed by atoms with Gasteiger partial charge < -0.3 is 10.2 Å². The lowest BCUT2D eigenvalue weighted by atomic mass is 10.0. The summed E-state index contributed by atoms with van der Waals surface area (Å²) in [5.41, 5.74) is -0.874. The molecule has 2 rings (SSSR count). The van der Waals surface area contributed by atoms with Crippen molar-refractivity contribution < 1.29 is 9.18 Å². The first-order chi connectivity index (χ1) is 7.07. The second kappa shape index (κ2) is 4.08. The van der Waals surface area contributed by atoms with Crippen LogP contribution >= 0.6 is 0 Å². The Hall–Kier alpha value is -0.640. The van der Waals surface area contributed by atoms with Crippen LogP contribution in [0.1, 0.15) is 32.6 Å². The van der Waals surface area contributed by atoms with Gasteiger partial charge in [-0.2, -0.15) is 0 Å². The molecule has 4 heteroatoms. The van der Waals surface area contributed by atoms with Crippen molar-refractivity contribution in [3.63, 3.8) is 0 Å². The van der Waals surface area contributed by atoms with Crippen molar-refractivity contribution in [2.45, 2.75) is 44.3 Å². The largest absolute Gasteiger partial charge is 0.354 e. The molecule has 2 aliphatic rings. The van der Waals surface area contributed by atoms with Gasteiger partial charge in [-0.05, 0) is 25.7 Å². The molecule has 0 radical (unpaired) electrons. The van der Waals surface area contributed by atoms with Crippen LogP contribution in [0.25, 0.3) is 0 Å². The summed E-state index contributed by atoms with van der Waals surface area (Å²) in [6.45, 7) is 3.97. The smallest absolute Gasteiger partial charge is 0.217 e. The van der Waals surface area contributed by atoms with Gasteiger partial charge in [-0.15, -0.1) is 0 Å². The number of piperidine rings is 1. The van der Waals surface area contributed by atoms with E-state index < -0.39 is 5.67 Å². The Morgan fingerprint density at radius 3 is 2.53 bits per heavy atom. The Balaban J connectivity index is 1.69. The number of hydrogen-bond donors (Lipinski definition) is 1. The summed E-state index contributed by atoms with van der Waals surface area (Å²) in [7, 11) is 0. The fourth-order valence-corrected chi connectivity index (χ4v) is 2.22. The maximum Gasteiger partial charge on any atom is 0.217 e. The molecule has 0 unspecified atom stereocenters. The minimum absolute atomic E-state index is 0.0394. The summed E-state index contributed by atoms with van der Waals surface area (Å²) in [6, 6.07) is 0.300. The van der Waals surface area contributed by atoms with Crippen LogP contribution in [0.2, 0.25) is 0 Å². The number of amides is 1. The van der Waals surface area contributed by atoms with Crippen LogP contribution in [-0.2, 0) is 4.79 Å². The van der Waals surface area contributed by atoms with Crippen LogP contribution in [0.4, 0.5) is 4.39 Å². The van der Waals surface area contributed by atoms with Gasteiger partial charge >= 0.3 is 0 Å². The van der Waals surface area contributed by atoms with Gasteiger partial charge in [0, 0.05) is 32.6 Å². The molecule has 1 N–H and O–H groups in total. The van der Waals surface area contributed by atoms with Crippen molar-refractivity contribution in [2.24, 2.45) is 0 Å². The molecule has 1 aliphatic heterocycles. The summed E-state index contributed by atoms with van der Waals surface area (Å²) in [5.74, 6) is 0.0394. The third-order valence-electron chi connectivity index (χ3n) is 3.29. The monoisotopic (exact) mass is 214 g/mol. The molecule has 1 saturated heterocycles. The molecule has 15 heavy (non-hydrogen) atoms. The van der Waals surface area contributed by atoms with Gasteiger partial charge in [0.15, 0.2) is 0 Å². The lowest BCUT2D eigenvalue weighted by Crippen LogP contribution is -2.45. The average Bonchev–Trinajstić information content (AvgIpc) is 2.86. The maximum absolute atomic E-state index is 13.5. The van der Waals surface area contributed by atoms with Crippen molar-refractivity contribution in [2.75, 3.05) is 19.6 Å².